The minimum Gasteiger partial charge on any atom is -0.303 e. The highest BCUT2D eigenvalue weighted by Crippen LogP contribution is 2.46. The van der Waals surface area contributed by atoms with E-state index in [9.17, 15) is 4.79 Å². The Balaban J connectivity index is 1.57. The maximum atomic E-state index is 11.0. The van der Waals surface area contributed by atoms with Crippen LogP contribution in [0.4, 0.5) is 0 Å². The molecule has 0 radical (unpaired) electrons. The van der Waals surface area contributed by atoms with Gasteiger partial charge >= 0.3 is 0 Å². The van der Waals surface area contributed by atoms with Crippen molar-refractivity contribution in [2.24, 2.45) is 11.3 Å². The van der Waals surface area contributed by atoms with E-state index in [1.807, 2.05) is 0 Å². The van der Waals surface area contributed by atoms with Gasteiger partial charge in [0, 0.05) is 6.42 Å². The summed E-state index contributed by atoms with van der Waals surface area (Å²) >= 11 is 0. The normalized spacial score (nSPS) is 23.4. The van der Waals surface area contributed by atoms with Crippen LogP contribution in [0, 0.1) is 5.41 Å². The smallest absolute Gasteiger partial charge is 0.233 e. The van der Waals surface area contributed by atoms with E-state index in [-0.39, 0.29) is 5.91 Å². The molecule has 1 aliphatic heterocycles. The molecule has 1 aliphatic carbocycles. The summed E-state index contributed by atoms with van der Waals surface area (Å²) in [6, 6.07) is 0. The van der Waals surface area contributed by atoms with Crippen LogP contribution in [0.3, 0.4) is 0 Å². The van der Waals surface area contributed by atoms with E-state index in [1.54, 1.807) is 0 Å². The van der Waals surface area contributed by atoms with Crippen LogP contribution in [-0.4, -0.2) is 30.4 Å². The summed E-state index contributed by atoms with van der Waals surface area (Å²) in [5.74, 6) is 5.01. The number of carbonyl (C=O) groups excluding carboxylic acids is 1. The Morgan fingerprint density at radius 1 is 1.11 bits per heavy atom. The first-order valence-electron chi connectivity index (χ1n) is 7.46. The molecule has 2 fully saturated rings. The van der Waals surface area contributed by atoms with Gasteiger partial charge in [0.15, 0.2) is 0 Å². The average molecular weight is 253 g/mol. The van der Waals surface area contributed by atoms with E-state index < -0.39 is 0 Å². The number of amides is 1. The molecule has 2 rings (SSSR count). The highest BCUT2D eigenvalue weighted by atomic mass is 16.2. The van der Waals surface area contributed by atoms with Crippen molar-refractivity contribution < 1.29 is 4.79 Å². The lowest BCUT2D eigenvalue weighted by atomic mass is 9.77. The number of nitrogens with two attached hydrogens (primary N) is 1. The molecular weight excluding hydrogens is 226 g/mol. The lowest BCUT2D eigenvalue weighted by molar-refractivity contribution is -0.121. The first-order valence-corrected chi connectivity index (χ1v) is 7.46. The van der Waals surface area contributed by atoms with Crippen LogP contribution in [0.5, 0.6) is 0 Å². The SMILES string of the molecule is NNC(=O)CCCCN1CCC2(CCCC2)CC1. The van der Waals surface area contributed by atoms with Crippen molar-refractivity contribution in [3.63, 3.8) is 0 Å². The molecule has 2 aliphatic rings. The van der Waals surface area contributed by atoms with Crippen molar-refractivity contribution in [3.05, 3.63) is 0 Å². The summed E-state index contributed by atoms with van der Waals surface area (Å²) in [4.78, 5) is 13.6. The van der Waals surface area contributed by atoms with Gasteiger partial charge in [-0.2, -0.15) is 0 Å². The third kappa shape index (κ3) is 3.69. The van der Waals surface area contributed by atoms with Crippen LogP contribution in [0.15, 0.2) is 0 Å². The van der Waals surface area contributed by atoms with E-state index in [4.69, 9.17) is 5.84 Å². The largest absolute Gasteiger partial charge is 0.303 e. The van der Waals surface area contributed by atoms with E-state index in [1.165, 1.54) is 51.6 Å². The van der Waals surface area contributed by atoms with Crippen LogP contribution >= 0.6 is 0 Å². The van der Waals surface area contributed by atoms with E-state index >= 15 is 0 Å². The zero-order valence-corrected chi connectivity index (χ0v) is 11.4. The van der Waals surface area contributed by atoms with Crippen LogP contribution in [0.1, 0.15) is 57.8 Å². The Morgan fingerprint density at radius 3 is 2.39 bits per heavy atom. The first-order chi connectivity index (χ1) is 8.74. The molecule has 1 saturated carbocycles. The molecule has 1 saturated heterocycles. The number of hydrogen-bond acceptors (Lipinski definition) is 3. The Hall–Kier alpha value is -0.610. The Kier molecular flexibility index (Phi) is 5.01. The van der Waals surface area contributed by atoms with Crippen LogP contribution < -0.4 is 11.3 Å². The number of carbonyl (C=O) groups is 1. The molecule has 0 atom stereocenters. The molecule has 18 heavy (non-hydrogen) atoms. The van der Waals surface area contributed by atoms with Crippen LogP contribution in [0.2, 0.25) is 0 Å². The van der Waals surface area contributed by atoms with Gasteiger partial charge in [-0.1, -0.05) is 12.8 Å². The predicted octanol–water partition coefficient (Wildman–Crippen LogP) is 1.80. The van der Waals surface area contributed by atoms with Crippen molar-refractivity contribution in [3.8, 4) is 0 Å². The van der Waals surface area contributed by atoms with Gasteiger partial charge in [0.05, 0.1) is 0 Å². The fourth-order valence-corrected chi connectivity index (χ4v) is 3.57. The second-order valence-electron chi connectivity index (χ2n) is 6.07. The summed E-state index contributed by atoms with van der Waals surface area (Å²) < 4.78 is 0. The molecule has 0 aromatic rings. The number of nitrogens with zero attached hydrogens (tertiary/aromatic N) is 1. The number of piperidine rings is 1. The standard InChI is InChI=1S/C14H27N3O/c15-16-13(18)5-1-4-10-17-11-8-14(9-12-17)6-2-3-7-14/h1-12,15H2,(H,16,18). The third-order valence-electron chi connectivity index (χ3n) is 4.87. The molecule has 1 heterocycles. The van der Waals surface area contributed by atoms with Crippen LogP contribution in [0.25, 0.3) is 0 Å². The molecule has 0 aromatic heterocycles. The fraction of sp³-hybridized carbons (Fsp3) is 0.929. The maximum absolute atomic E-state index is 11.0. The summed E-state index contributed by atoms with van der Waals surface area (Å²) in [5, 5.41) is 0. The minimum atomic E-state index is -0.0430. The van der Waals surface area contributed by atoms with E-state index in [2.05, 4.69) is 10.3 Å². The molecule has 4 heteroatoms. The molecule has 0 bridgehead atoms. The zero-order chi connectivity index (χ0) is 12.8. The number of likely N-dealkylation sites (tertiary alicyclic amines) is 1. The Morgan fingerprint density at radius 2 is 1.78 bits per heavy atom. The number of nitrogens with one attached hydrogen (secondary N) is 1. The van der Waals surface area contributed by atoms with Gasteiger partial charge in [-0.05, 0) is 63.6 Å². The highest BCUT2D eigenvalue weighted by Gasteiger charge is 2.36. The lowest BCUT2D eigenvalue weighted by Crippen LogP contribution is -2.39. The first kappa shape index (κ1) is 13.8. The monoisotopic (exact) mass is 253 g/mol. The summed E-state index contributed by atoms with van der Waals surface area (Å²) in [7, 11) is 0. The van der Waals surface area contributed by atoms with Crippen molar-refractivity contribution in [2.75, 3.05) is 19.6 Å². The van der Waals surface area contributed by atoms with Gasteiger partial charge in [-0.3, -0.25) is 10.2 Å². The van der Waals surface area contributed by atoms with Gasteiger partial charge < -0.3 is 4.90 Å². The van der Waals surface area contributed by atoms with Gasteiger partial charge in [0.2, 0.25) is 5.91 Å². The summed E-state index contributed by atoms with van der Waals surface area (Å²) in [6.07, 6.45) is 11.3. The predicted molar refractivity (Wildman–Crippen MR) is 72.8 cm³/mol. The number of unbranched alkanes of at least 4 members (excludes halogenated alkanes) is 1. The average Bonchev–Trinajstić information content (AvgIpc) is 2.85. The van der Waals surface area contributed by atoms with E-state index in [0.29, 0.717) is 6.42 Å². The molecule has 104 valence electrons. The highest BCUT2D eigenvalue weighted by molar-refractivity contribution is 5.75. The second kappa shape index (κ2) is 6.53. The van der Waals surface area contributed by atoms with Gasteiger partial charge in [-0.25, -0.2) is 5.84 Å². The Bertz CT molecular complexity index is 264. The molecule has 4 nitrogen and oxygen atoms in total. The van der Waals surface area contributed by atoms with Crippen molar-refractivity contribution in [1.82, 2.24) is 10.3 Å². The molecule has 0 unspecified atom stereocenters. The maximum Gasteiger partial charge on any atom is 0.233 e. The summed E-state index contributed by atoms with van der Waals surface area (Å²) in [5.41, 5.74) is 2.90. The van der Waals surface area contributed by atoms with Crippen molar-refractivity contribution in [2.45, 2.75) is 57.8 Å². The number of hydrazine groups is 1. The van der Waals surface area contributed by atoms with Gasteiger partial charge in [-0.15, -0.1) is 0 Å². The minimum absolute atomic E-state index is 0.0430. The Labute approximate surface area is 110 Å². The molecule has 1 amide bonds. The fourth-order valence-electron chi connectivity index (χ4n) is 3.57. The second-order valence-corrected chi connectivity index (χ2v) is 6.07. The van der Waals surface area contributed by atoms with Crippen molar-refractivity contribution >= 4 is 5.91 Å². The lowest BCUT2D eigenvalue weighted by Gasteiger charge is -2.39. The third-order valence-corrected chi connectivity index (χ3v) is 4.87. The van der Waals surface area contributed by atoms with Crippen LogP contribution in [-0.2, 0) is 4.79 Å². The molecule has 0 aromatic carbocycles. The number of hydrogen-bond donors (Lipinski definition) is 2. The topological polar surface area (TPSA) is 58.4 Å². The molecule has 3 N–H and O–H groups in total. The van der Waals surface area contributed by atoms with E-state index in [0.717, 1.165) is 24.8 Å². The summed E-state index contributed by atoms with van der Waals surface area (Å²) in [6.45, 7) is 3.68. The van der Waals surface area contributed by atoms with Gasteiger partial charge in [0.1, 0.15) is 0 Å². The zero-order valence-electron chi connectivity index (χ0n) is 11.4. The molecule has 1 spiro atoms. The quantitative estimate of drug-likeness (QED) is 0.340. The molecular formula is C14H27N3O. The van der Waals surface area contributed by atoms with Gasteiger partial charge in [0.25, 0.3) is 0 Å². The van der Waals surface area contributed by atoms with Crippen molar-refractivity contribution in [1.29, 1.82) is 0 Å². The number of rotatable bonds is 5.